The molecule has 12 heavy (non-hydrogen) atoms. The van der Waals surface area contributed by atoms with E-state index in [1.807, 2.05) is 6.92 Å². The van der Waals surface area contributed by atoms with Crippen molar-refractivity contribution in [2.75, 3.05) is 13.2 Å². The van der Waals surface area contributed by atoms with Crippen LogP contribution in [0.3, 0.4) is 0 Å². The fourth-order valence-electron chi connectivity index (χ4n) is 1.35. The fraction of sp³-hybridized carbons (Fsp3) is 0.875. The van der Waals surface area contributed by atoms with E-state index in [0.717, 1.165) is 19.4 Å². The number of carboxylic acids is 1. The molecular weight excluding hydrogens is 158 g/mol. The maximum Gasteiger partial charge on any atom is 0.323 e. The third-order valence-electron chi connectivity index (χ3n) is 1.95. The van der Waals surface area contributed by atoms with Crippen molar-refractivity contribution in [3.05, 3.63) is 0 Å². The molecule has 1 aliphatic rings. The number of carboxylic acid groups (broad SMARTS) is 1. The second-order valence-electron chi connectivity index (χ2n) is 2.97. The van der Waals surface area contributed by atoms with Gasteiger partial charge < -0.3 is 5.11 Å². The molecule has 1 atom stereocenters. The van der Waals surface area contributed by atoms with E-state index in [1.165, 1.54) is 0 Å². The van der Waals surface area contributed by atoms with Gasteiger partial charge in [0.2, 0.25) is 0 Å². The van der Waals surface area contributed by atoms with E-state index in [9.17, 15) is 4.79 Å². The lowest BCUT2D eigenvalue weighted by molar-refractivity contribution is -0.186. The third kappa shape index (κ3) is 2.19. The minimum atomic E-state index is -0.774. The number of hydroxylamine groups is 2. The molecule has 0 aromatic heterocycles. The predicted molar refractivity (Wildman–Crippen MR) is 43.6 cm³/mol. The van der Waals surface area contributed by atoms with Crippen molar-refractivity contribution >= 4 is 5.97 Å². The molecule has 1 saturated heterocycles. The highest BCUT2D eigenvalue weighted by Gasteiger charge is 2.31. The summed E-state index contributed by atoms with van der Waals surface area (Å²) in [5, 5.41) is 10.4. The van der Waals surface area contributed by atoms with Crippen LogP contribution in [0, 0.1) is 0 Å². The minimum Gasteiger partial charge on any atom is -0.480 e. The van der Waals surface area contributed by atoms with Crippen LogP contribution in [0.5, 0.6) is 0 Å². The van der Waals surface area contributed by atoms with Gasteiger partial charge in [-0.15, -0.1) is 0 Å². The van der Waals surface area contributed by atoms with Gasteiger partial charge in [-0.2, -0.15) is 5.06 Å². The Morgan fingerprint density at radius 3 is 3.08 bits per heavy atom. The fourth-order valence-corrected chi connectivity index (χ4v) is 1.35. The van der Waals surface area contributed by atoms with Crippen LogP contribution in [0.25, 0.3) is 0 Å². The molecule has 4 nitrogen and oxygen atoms in total. The standard InChI is InChI=1S/C8H15NO3/c1-2-6-12-9-5-3-4-7(9)8(10)11/h7H,2-6H2,1H3,(H,10,11)/t7-/m0/s1. The predicted octanol–water partition coefficient (Wildman–Crippen LogP) is 0.877. The van der Waals surface area contributed by atoms with Crippen molar-refractivity contribution in [3.8, 4) is 0 Å². The van der Waals surface area contributed by atoms with Crippen molar-refractivity contribution in [2.45, 2.75) is 32.2 Å². The van der Waals surface area contributed by atoms with E-state index >= 15 is 0 Å². The molecule has 1 rings (SSSR count). The minimum absolute atomic E-state index is 0.420. The Morgan fingerprint density at radius 1 is 1.75 bits per heavy atom. The lowest BCUT2D eigenvalue weighted by Gasteiger charge is -2.19. The zero-order chi connectivity index (χ0) is 8.97. The molecule has 1 N–H and O–H groups in total. The number of rotatable bonds is 4. The third-order valence-corrected chi connectivity index (χ3v) is 1.95. The number of carbonyl (C=O) groups is 1. The maximum absolute atomic E-state index is 10.7. The van der Waals surface area contributed by atoms with E-state index in [4.69, 9.17) is 9.94 Å². The van der Waals surface area contributed by atoms with Crippen LogP contribution >= 0.6 is 0 Å². The summed E-state index contributed by atoms with van der Waals surface area (Å²) in [5.74, 6) is -0.774. The zero-order valence-corrected chi connectivity index (χ0v) is 7.32. The average molecular weight is 173 g/mol. The average Bonchev–Trinajstić information content (AvgIpc) is 2.48. The second-order valence-corrected chi connectivity index (χ2v) is 2.97. The van der Waals surface area contributed by atoms with Crippen LogP contribution in [0.1, 0.15) is 26.2 Å². The highest BCUT2D eigenvalue weighted by Crippen LogP contribution is 2.17. The van der Waals surface area contributed by atoms with E-state index in [1.54, 1.807) is 5.06 Å². The van der Waals surface area contributed by atoms with Crippen molar-refractivity contribution in [2.24, 2.45) is 0 Å². The Morgan fingerprint density at radius 2 is 2.50 bits per heavy atom. The molecule has 0 saturated carbocycles. The Kier molecular flexibility index (Phi) is 3.49. The van der Waals surface area contributed by atoms with Crippen molar-refractivity contribution < 1.29 is 14.7 Å². The largest absolute Gasteiger partial charge is 0.480 e. The Labute approximate surface area is 72.1 Å². The highest BCUT2D eigenvalue weighted by molar-refractivity contribution is 5.73. The molecule has 0 unspecified atom stereocenters. The van der Waals surface area contributed by atoms with Crippen LogP contribution in [0.4, 0.5) is 0 Å². The Hall–Kier alpha value is -0.610. The summed E-state index contributed by atoms with van der Waals surface area (Å²) in [5.41, 5.74) is 0. The summed E-state index contributed by atoms with van der Waals surface area (Å²) in [4.78, 5) is 15.9. The molecule has 0 spiro atoms. The van der Waals surface area contributed by atoms with Crippen LogP contribution in [-0.4, -0.2) is 35.3 Å². The van der Waals surface area contributed by atoms with E-state index < -0.39 is 12.0 Å². The van der Waals surface area contributed by atoms with Gasteiger partial charge in [0.15, 0.2) is 0 Å². The zero-order valence-electron chi connectivity index (χ0n) is 7.32. The Balaban J connectivity index is 2.35. The molecule has 0 bridgehead atoms. The van der Waals surface area contributed by atoms with Crippen molar-refractivity contribution in [1.82, 2.24) is 5.06 Å². The number of hydrogen-bond acceptors (Lipinski definition) is 3. The summed E-state index contributed by atoms with van der Waals surface area (Å²) in [7, 11) is 0. The van der Waals surface area contributed by atoms with Crippen LogP contribution in [0.2, 0.25) is 0 Å². The molecule has 0 aliphatic carbocycles. The maximum atomic E-state index is 10.7. The molecule has 0 aromatic rings. The summed E-state index contributed by atoms with van der Waals surface area (Å²) < 4.78 is 0. The smallest absolute Gasteiger partial charge is 0.323 e. The summed E-state index contributed by atoms with van der Waals surface area (Å²) in [6, 6.07) is -0.420. The molecule has 70 valence electrons. The summed E-state index contributed by atoms with van der Waals surface area (Å²) in [6.07, 6.45) is 2.54. The van der Waals surface area contributed by atoms with Gasteiger partial charge in [-0.05, 0) is 19.3 Å². The van der Waals surface area contributed by atoms with Crippen molar-refractivity contribution in [1.29, 1.82) is 0 Å². The summed E-state index contributed by atoms with van der Waals surface area (Å²) in [6.45, 7) is 3.37. The first-order chi connectivity index (χ1) is 5.75. The van der Waals surface area contributed by atoms with Gasteiger partial charge in [-0.25, -0.2) is 0 Å². The molecule has 0 amide bonds. The summed E-state index contributed by atoms with van der Waals surface area (Å²) >= 11 is 0. The second kappa shape index (κ2) is 4.42. The highest BCUT2D eigenvalue weighted by atomic mass is 16.7. The van der Waals surface area contributed by atoms with E-state index in [0.29, 0.717) is 13.0 Å². The van der Waals surface area contributed by atoms with E-state index in [2.05, 4.69) is 0 Å². The lowest BCUT2D eigenvalue weighted by Crippen LogP contribution is -2.36. The molecular formula is C8H15NO3. The molecule has 0 aromatic carbocycles. The number of nitrogens with zero attached hydrogens (tertiary/aromatic N) is 1. The molecule has 1 aliphatic heterocycles. The van der Waals surface area contributed by atoms with Crippen molar-refractivity contribution in [3.63, 3.8) is 0 Å². The van der Waals surface area contributed by atoms with Gasteiger partial charge in [0.25, 0.3) is 0 Å². The van der Waals surface area contributed by atoms with E-state index in [-0.39, 0.29) is 0 Å². The van der Waals surface area contributed by atoms with Gasteiger partial charge in [0.05, 0.1) is 6.61 Å². The monoisotopic (exact) mass is 173 g/mol. The van der Waals surface area contributed by atoms with Gasteiger partial charge in [0.1, 0.15) is 6.04 Å². The van der Waals surface area contributed by atoms with Gasteiger partial charge >= 0.3 is 5.97 Å². The molecule has 0 radical (unpaired) electrons. The first-order valence-corrected chi connectivity index (χ1v) is 4.38. The normalized spacial score (nSPS) is 24.6. The van der Waals surface area contributed by atoms with Crippen LogP contribution < -0.4 is 0 Å². The Bertz CT molecular complexity index is 160. The van der Waals surface area contributed by atoms with Gasteiger partial charge in [-0.1, -0.05) is 6.92 Å². The topological polar surface area (TPSA) is 49.8 Å². The molecule has 1 heterocycles. The van der Waals surface area contributed by atoms with Crippen LogP contribution in [-0.2, 0) is 9.63 Å². The molecule has 1 fully saturated rings. The van der Waals surface area contributed by atoms with Gasteiger partial charge in [0, 0.05) is 6.54 Å². The quantitative estimate of drug-likeness (QED) is 0.685. The lowest BCUT2D eigenvalue weighted by atomic mass is 10.2. The molecule has 4 heteroatoms. The first-order valence-electron chi connectivity index (χ1n) is 4.38. The number of hydrogen-bond donors (Lipinski definition) is 1. The van der Waals surface area contributed by atoms with Crippen LogP contribution in [0.15, 0.2) is 0 Å². The first kappa shape index (κ1) is 9.48. The number of aliphatic carboxylic acids is 1. The van der Waals surface area contributed by atoms with Gasteiger partial charge in [-0.3, -0.25) is 9.63 Å². The SMILES string of the molecule is CCCON1CCC[C@H]1C(=O)O.